The fourth-order valence-electron chi connectivity index (χ4n) is 2.57. The van der Waals surface area contributed by atoms with Crippen LogP contribution in [0, 0.1) is 10.8 Å². The van der Waals surface area contributed by atoms with Gasteiger partial charge >= 0.3 is 0 Å². The van der Waals surface area contributed by atoms with E-state index >= 15 is 0 Å². The molecule has 1 fully saturated rings. The zero-order valence-corrected chi connectivity index (χ0v) is 12.8. The van der Waals surface area contributed by atoms with Crippen molar-refractivity contribution in [3.63, 3.8) is 0 Å². The molecule has 0 aliphatic heterocycles. The van der Waals surface area contributed by atoms with E-state index in [1.54, 1.807) is 0 Å². The lowest BCUT2D eigenvalue weighted by atomic mass is 9.78. The summed E-state index contributed by atoms with van der Waals surface area (Å²) in [5, 5.41) is 3.13. The van der Waals surface area contributed by atoms with Crippen LogP contribution in [0.2, 0.25) is 0 Å². The molecule has 1 aliphatic rings. The zero-order chi connectivity index (χ0) is 14.0. The predicted molar refractivity (Wildman–Crippen MR) is 79.4 cm³/mol. The number of carbonyl (C=O) groups is 1. The molecule has 1 saturated carbocycles. The summed E-state index contributed by atoms with van der Waals surface area (Å²) in [4.78, 5) is 12.9. The first kappa shape index (κ1) is 15.4. The molecule has 1 amide bonds. The van der Waals surface area contributed by atoms with Gasteiger partial charge in [-0.05, 0) is 24.7 Å². The van der Waals surface area contributed by atoms with E-state index in [9.17, 15) is 4.79 Å². The Morgan fingerprint density at radius 2 is 1.83 bits per heavy atom. The summed E-state index contributed by atoms with van der Waals surface area (Å²) in [7, 11) is 0. The molecule has 1 atom stereocenters. The maximum Gasteiger partial charge on any atom is 0.233 e. The molecule has 0 bridgehead atoms. The minimum atomic E-state index is -0.641. The number of amides is 1. The molecule has 1 aliphatic carbocycles. The van der Waals surface area contributed by atoms with Crippen molar-refractivity contribution in [1.82, 2.24) is 5.32 Å². The van der Waals surface area contributed by atoms with Gasteiger partial charge in [0.2, 0.25) is 5.91 Å². The Labute approximate surface area is 116 Å². The van der Waals surface area contributed by atoms with Gasteiger partial charge in [0, 0.05) is 6.04 Å². The van der Waals surface area contributed by atoms with Crippen molar-refractivity contribution < 1.29 is 4.79 Å². The number of nitrogens with one attached hydrogen (secondary N) is 1. The van der Waals surface area contributed by atoms with Crippen molar-refractivity contribution in [1.29, 1.82) is 0 Å². The van der Waals surface area contributed by atoms with Crippen molar-refractivity contribution in [3.05, 3.63) is 0 Å². The van der Waals surface area contributed by atoms with E-state index in [1.165, 1.54) is 0 Å². The Kier molecular flexibility index (Phi) is 4.76. The second-order valence-electron chi connectivity index (χ2n) is 6.17. The molecule has 0 radical (unpaired) electrons. The fraction of sp³-hybridized carbons (Fsp3) is 0.857. The number of carbonyl (C=O) groups excluding carboxylic acids is 1. The first-order chi connectivity index (χ1) is 8.30. The molecule has 3 nitrogen and oxygen atoms in total. The molecular formula is C14H26N2OS. The largest absolute Gasteiger partial charge is 0.392 e. The van der Waals surface area contributed by atoms with Crippen molar-refractivity contribution >= 4 is 23.1 Å². The molecule has 0 saturated heterocycles. The number of rotatable bonds is 7. The normalized spacial score (nSPS) is 21.4. The van der Waals surface area contributed by atoms with Crippen LogP contribution in [0.25, 0.3) is 0 Å². The van der Waals surface area contributed by atoms with Gasteiger partial charge in [-0.15, -0.1) is 0 Å². The summed E-state index contributed by atoms with van der Waals surface area (Å²) < 4.78 is 0. The quantitative estimate of drug-likeness (QED) is 0.699. The second-order valence-corrected chi connectivity index (χ2v) is 6.60. The molecule has 0 aromatic carbocycles. The van der Waals surface area contributed by atoms with Crippen LogP contribution < -0.4 is 11.1 Å². The average Bonchev–Trinajstić information content (AvgIpc) is 2.84. The van der Waals surface area contributed by atoms with Gasteiger partial charge in [0.1, 0.15) is 0 Å². The smallest absolute Gasteiger partial charge is 0.233 e. The Morgan fingerprint density at radius 3 is 2.11 bits per heavy atom. The molecule has 18 heavy (non-hydrogen) atoms. The summed E-state index contributed by atoms with van der Waals surface area (Å²) in [5.41, 5.74) is 5.47. The third-order valence-corrected chi connectivity index (χ3v) is 4.47. The van der Waals surface area contributed by atoms with Crippen LogP contribution in [0.5, 0.6) is 0 Å². The summed E-state index contributed by atoms with van der Waals surface area (Å²) in [5.74, 6) is 0.0364. The minimum absolute atomic E-state index is 0.0364. The van der Waals surface area contributed by atoms with Crippen molar-refractivity contribution in [2.45, 2.75) is 65.8 Å². The van der Waals surface area contributed by atoms with Crippen LogP contribution in [-0.2, 0) is 4.79 Å². The Hall–Kier alpha value is -0.640. The van der Waals surface area contributed by atoms with Gasteiger partial charge in [0.25, 0.3) is 0 Å². The van der Waals surface area contributed by atoms with Gasteiger partial charge in [-0.2, -0.15) is 0 Å². The van der Waals surface area contributed by atoms with Crippen LogP contribution >= 0.6 is 12.2 Å². The van der Waals surface area contributed by atoms with Gasteiger partial charge in [-0.1, -0.05) is 52.8 Å². The van der Waals surface area contributed by atoms with Crippen LogP contribution in [0.4, 0.5) is 0 Å². The Bertz CT molecular complexity index is 333. The summed E-state index contributed by atoms with van der Waals surface area (Å²) >= 11 is 5.18. The molecule has 0 aromatic rings. The Balaban J connectivity index is 2.81. The number of hydrogen-bond acceptors (Lipinski definition) is 2. The first-order valence-electron chi connectivity index (χ1n) is 6.91. The molecule has 0 heterocycles. The highest BCUT2D eigenvalue weighted by atomic mass is 32.1. The van der Waals surface area contributed by atoms with Gasteiger partial charge in [0.15, 0.2) is 0 Å². The molecule has 4 heteroatoms. The van der Waals surface area contributed by atoms with E-state index in [4.69, 9.17) is 18.0 Å². The SMILES string of the molecule is CCCC(CCC)(C(=O)NC1CC1(C)C)C(N)=S. The lowest BCUT2D eigenvalue weighted by Crippen LogP contribution is -2.50. The molecule has 3 N–H and O–H groups in total. The van der Waals surface area contributed by atoms with E-state index < -0.39 is 5.41 Å². The number of nitrogens with two attached hydrogens (primary N) is 1. The molecule has 0 aromatic heterocycles. The second kappa shape index (κ2) is 5.55. The van der Waals surface area contributed by atoms with E-state index in [0.29, 0.717) is 4.99 Å². The van der Waals surface area contributed by atoms with Gasteiger partial charge in [-0.3, -0.25) is 4.79 Å². The highest BCUT2D eigenvalue weighted by Gasteiger charge is 2.49. The first-order valence-corrected chi connectivity index (χ1v) is 7.32. The molecule has 0 spiro atoms. The van der Waals surface area contributed by atoms with Crippen LogP contribution in [0.1, 0.15) is 59.8 Å². The zero-order valence-electron chi connectivity index (χ0n) is 12.0. The third-order valence-electron chi connectivity index (χ3n) is 4.08. The average molecular weight is 270 g/mol. The third kappa shape index (κ3) is 3.02. The van der Waals surface area contributed by atoms with Gasteiger partial charge in [0.05, 0.1) is 10.4 Å². The lowest BCUT2D eigenvalue weighted by molar-refractivity contribution is -0.128. The van der Waals surface area contributed by atoms with Crippen LogP contribution in [0.3, 0.4) is 0 Å². The number of hydrogen-bond donors (Lipinski definition) is 2. The number of thiocarbonyl (C=S) groups is 1. The van der Waals surface area contributed by atoms with Crippen molar-refractivity contribution in [2.75, 3.05) is 0 Å². The van der Waals surface area contributed by atoms with Gasteiger partial charge < -0.3 is 11.1 Å². The predicted octanol–water partition coefficient (Wildman–Crippen LogP) is 2.77. The van der Waals surface area contributed by atoms with E-state index in [-0.39, 0.29) is 17.4 Å². The molecule has 1 rings (SSSR count). The van der Waals surface area contributed by atoms with E-state index in [2.05, 4.69) is 33.0 Å². The van der Waals surface area contributed by atoms with Crippen LogP contribution in [0.15, 0.2) is 0 Å². The summed E-state index contributed by atoms with van der Waals surface area (Å²) in [6.07, 6.45) is 4.37. The minimum Gasteiger partial charge on any atom is -0.392 e. The topological polar surface area (TPSA) is 55.1 Å². The van der Waals surface area contributed by atoms with Gasteiger partial charge in [-0.25, -0.2) is 0 Å². The van der Waals surface area contributed by atoms with E-state index in [1.807, 2.05) is 0 Å². The standard InChI is InChI=1S/C14H26N2OS/c1-5-7-14(8-6-2,11(15)18)12(17)16-10-9-13(10,3)4/h10H,5-9H2,1-4H3,(H2,15,18)(H,16,17). The maximum atomic E-state index is 12.5. The fourth-order valence-corrected chi connectivity index (χ4v) is 2.87. The highest BCUT2D eigenvalue weighted by Crippen LogP contribution is 2.45. The molecule has 1 unspecified atom stereocenters. The molecule has 104 valence electrons. The van der Waals surface area contributed by atoms with Crippen molar-refractivity contribution in [3.8, 4) is 0 Å². The molecular weight excluding hydrogens is 244 g/mol. The Morgan fingerprint density at radius 1 is 1.39 bits per heavy atom. The summed E-state index contributed by atoms with van der Waals surface area (Å²) in [6, 6.07) is 0.285. The summed E-state index contributed by atoms with van der Waals surface area (Å²) in [6.45, 7) is 8.47. The van der Waals surface area contributed by atoms with Crippen molar-refractivity contribution in [2.24, 2.45) is 16.6 Å². The highest BCUT2D eigenvalue weighted by molar-refractivity contribution is 7.80. The van der Waals surface area contributed by atoms with Crippen LogP contribution in [-0.4, -0.2) is 16.9 Å². The monoisotopic (exact) mass is 270 g/mol. The van der Waals surface area contributed by atoms with E-state index in [0.717, 1.165) is 32.1 Å². The maximum absolute atomic E-state index is 12.5. The lowest BCUT2D eigenvalue weighted by Gasteiger charge is -2.31.